The molecule has 6 nitrogen and oxygen atoms in total. The number of pyridine rings is 1. The Bertz CT molecular complexity index is 698. The first-order valence-electron chi connectivity index (χ1n) is 8.07. The number of rotatable bonds is 3. The Balaban J connectivity index is 1.42. The summed E-state index contributed by atoms with van der Waals surface area (Å²) in [5, 5.41) is 3.15. The summed E-state index contributed by atoms with van der Waals surface area (Å²) in [6.07, 6.45) is 6.43. The Morgan fingerprint density at radius 2 is 2.14 bits per heavy atom. The number of hydrogen-bond donors (Lipinski definition) is 2. The van der Waals surface area contributed by atoms with Gasteiger partial charge in [0.15, 0.2) is 5.65 Å². The third-order valence-corrected chi connectivity index (χ3v) is 4.86. The summed E-state index contributed by atoms with van der Waals surface area (Å²) < 4.78 is 0. The molecule has 1 amide bonds. The van der Waals surface area contributed by atoms with Crippen molar-refractivity contribution in [1.29, 1.82) is 0 Å². The number of aryl methyl sites for hydroxylation is 1. The summed E-state index contributed by atoms with van der Waals surface area (Å²) in [6.45, 7) is 4.32. The number of carbonyl (C=O) groups is 1. The number of hydrogen-bond acceptors (Lipinski definition) is 4. The van der Waals surface area contributed by atoms with Crippen molar-refractivity contribution in [3.05, 3.63) is 23.7 Å². The van der Waals surface area contributed by atoms with Gasteiger partial charge in [0.1, 0.15) is 5.82 Å². The van der Waals surface area contributed by atoms with Crippen LogP contribution in [0.25, 0.3) is 11.2 Å². The maximum atomic E-state index is 12.5. The summed E-state index contributed by atoms with van der Waals surface area (Å²) in [5.41, 5.74) is 1.97. The number of likely N-dealkylation sites (tertiary alicyclic amines) is 1. The second-order valence-electron chi connectivity index (χ2n) is 6.42. The van der Waals surface area contributed by atoms with Crippen LogP contribution in [0.15, 0.2) is 12.3 Å². The maximum Gasteiger partial charge on any atom is 0.253 e. The Hall–Kier alpha value is -1.95. The molecule has 4 rings (SSSR count). The monoisotopic (exact) mass is 299 g/mol. The molecule has 2 aromatic rings. The van der Waals surface area contributed by atoms with Crippen molar-refractivity contribution in [2.45, 2.75) is 44.7 Å². The van der Waals surface area contributed by atoms with Crippen LogP contribution in [-0.2, 0) is 0 Å². The number of H-pyrrole nitrogens is 1. The molecule has 22 heavy (non-hydrogen) atoms. The van der Waals surface area contributed by atoms with Gasteiger partial charge in [0, 0.05) is 18.3 Å². The van der Waals surface area contributed by atoms with E-state index in [9.17, 15) is 4.79 Å². The predicted molar refractivity (Wildman–Crippen MR) is 83.7 cm³/mol. The highest BCUT2D eigenvalue weighted by molar-refractivity contribution is 6.04. The first-order chi connectivity index (χ1) is 10.7. The van der Waals surface area contributed by atoms with E-state index in [-0.39, 0.29) is 5.91 Å². The topological polar surface area (TPSA) is 73.9 Å². The van der Waals surface area contributed by atoms with Crippen molar-refractivity contribution >= 4 is 17.1 Å². The van der Waals surface area contributed by atoms with Crippen LogP contribution in [0, 0.1) is 6.92 Å². The quantitative estimate of drug-likeness (QED) is 0.903. The van der Waals surface area contributed by atoms with E-state index in [1.54, 1.807) is 12.3 Å². The number of aromatic nitrogens is 3. The van der Waals surface area contributed by atoms with Crippen LogP contribution in [0.5, 0.6) is 0 Å². The van der Waals surface area contributed by atoms with Gasteiger partial charge in [-0.1, -0.05) is 0 Å². The third-order valence-electron chi connectivity index (χ3n) is 4.86. The van der Waals surface area contributed by atoms with Gasteiger partial charge in [0.05, 0.1) is 11.1 Å². The van der Waals surface area contributed by atoms with Crippen molar-refractivity contribution in [2.24, 2.45) is 0 Å². The Morgan fingerprint density at radius 1 is 1.36 bits per heavy atom. The zero-order valence-corrected chi connectivity index (χ0v) is 12.8. The van der Waals surface area contributed by atoms with Gasteiger partial charge in [-0.2, -0.15) is 0 Å². The van der Waals surface area contributed by atoms with Gasteiger partial charge in [-0.25, -0.2) is 9.97 Å². The molecule has 2 aliphatic rings. The second-order valence-corrected chi connectivity index (χ2v) is 6.42. The van der Waals surface area contributed by atoms with E-state index in [0.29, 0.717) is 23.3 Å². The van der Waals surface area contributed by atoms with E-state index in [1.165, 1.54) is 25.9 Å². The smallest absolute Gasteiger partial charge is 0.253 e. The molecular weight excluding hydrogens is 278 g/mol. The predicted octanol–water partition coefficient (Wildman–Crippen LogP) is 1.62. The zero-order valence-electron chi connectivity index (χ0n) is 12.8. The average molecular weight is 299 g/mol. The van der Waals surface area contributed by atoms with Gasteiger partial charge < -0.3 is 15.2 Å². The van der Waals surface area contributed by atoms with Crippen LogP contribution in [0.3, 0.4) is 0 Å². The molecule has 6 heteroatoms. The number of aromatic amines is 1. The fraction of sp³-hybridized carbons (Fsp3) is 0.562. The first kappa shape index (κ1) is 13.7. The Kier molecular flexibility index (Phi) is 3.33. The Labute approximate surface area is 129 Å². The molecule has 1 aliphatic heterocycles. The molecule has 1 aliphatic carbocycles. The van der Waals surface area contributed by atoms with Crippen LogP contribution in [-0.4, -0.2) is 50.9 Å². The fourth-order valence-electron chi connectivity index (χ4n) is 3.59. The number of amides is 1. The van der Waals surface area contributed by atoms with Gasteiger partial charge in [-0.05, 0) is 51.8 Å². The van der Waals surface area contributed by atoms with Crippen molar-refractivity contribution in [3.8, 4) is 0 Å². The third kappa shape index (κ3) is 2.37. The summed E-state index contributed by atoms with van der Waals surface area (Å²) in [6, 6.07) is 2.72. The molecule has 0 aromatic carbocycles. The van der Waals surface area contributed by atoms with Crippen molar-refractivity contribution in [3.63, 3.8) is 0 Å². The lowest BCUT2D eigenvalue weighted by Gasteiger charge is -2.41. The van der Waals surface area contributed by atoms with E-state index in [0.717, 1.165) is 24.2 Å². The average Bonchev–Trinajstić information content (AvgIpc) is 3.09. The molecule has 1 saturated carbocycles. The van der Waals surface area contributed by atoms with Crippen molar-refractivity contribution < 1.29 is 4.79 Å². The standard InChI is InChI=1S/C16H21N5O/c1-10-18-14-13(4-5-17-15(14)19-10)16(22)20-11-8-12(9-11)21-6-2-3-7-21/h4-5,11-12H,2-3,6-9H2,1H3,(H,20,22)(H,17,18,19). The molecule has 1 saturated heterocycles. The van der Waals surface area contributed by atoms with Gasteiger partial charge in [0.25, 0.3) is 5.91 Å². The lowest BCUT2D eigenvalue weighted by atomic mass is 9.85. The van der Waals surface area contributed by atoms with E-state index in [2.05, 4.69) is 25.2 Å². The highest BCUT2D eigenvalue weighted by Crippen LogP contribution is 2.29. The van der Waals surface area contributed by atoms with Crippen LogP contribution in [0.1, 0.15) is 41.9 Å². The molecule has 0 spiro atoms. The van der Waals surface area contributed by atoms with Gasteiger partial charge >= 0.3 is 0 Å². The zero-order chi connectivity index (χ0) is 15.1. The number of nitrogens with one attached hydrogen (secondary N) is 2. The SMILES string of the molecule is Cc1nc2nccc(C(=O)NC3CC(N4CCCC4)C3)c2[nH]1. The molecule has 116 valence electrons. The van der Waals surface area contributed by atoms with E-state index in [1.807, 2.05) is 6.92 Å². The minimum absolute atomic E-state index is 0.0269. The number of nitrogens with zero attached hydrogens (tertiary/aromatic N) is 3. The lowest BCUT2D eigenvalue weighted by molar-refractivity contribution is 0.0821. The van der Waals surface area contributed by atoms with E-state index >= 15 is 0 Å². The molecule has 2 aromatic heterocycles. The molecule has 2 fully saturated rings. The Morgan fingerprint density at radius 3 is 2.91 bits per heavy atom. The van der Waals surface area contributed by atoms with Crippen LogP contribution < -0.4 is 5.32 Å². The van der Waals surface area contributed by atoms with Gasteiger partial charge in [-0.3, -0.25) is 4.79 Å². The summed E-state index contributed by atoms with van der Waals surface area (Å²) in [4.78, 5) is 26.7. The highest BCUT2D eigenvalue weighted by Gasteiger charge is 2.35. The van der Waals surface area contributed by atoms with Crippen LogP contribution in [0.4, 0.5) is 0 Å². The largest absolute Gasteiger partial charge is 0.349 e. The normalized spacial score (nSPS) is 25.3. The van der Waals surface area contributed by atoms with E-state index < -0.39 is 0 Å². The van der Waals surface area contributed by atoms with Crippen molar-refractivity contribution in [1.82, 2.24) is 25.2 Å². The number of carbonyl (C=O) groups excluding carboxylic acids is 1. The molecule has 2 N–H and O–H groups in total. The molecular formula is C16H21N5O. The fourth-order valence-corrected chi connectivity index (χ4v) is 3.59. The highest BCUT2D eigenvalue weighted by atomic mass is 16.1. The maximum absolute atomic E-state index is 12.5. The molecule has 0 atom stereocenters. The minimum Gasteiger partial charge on any atom is -0.349 e. The first-order valence-corrected chi connectivity index (χ1v) is 8.07. The summed E-state index contributed by atoms with van der Waals surface area (Å²) in [7, 11) is 0. The summed E-state index contributed by atoms with van der Waals surface area (Å²) in [5.74, 6) is 0.751. The molecule has 0 bridgehead atoms. The van der Waals surface area contributed by atoms with Gasteiger partial charge in [0.2, 0.25) is 0 Å². The summed E-state index contributed by atoms with van der Waals surface area (Å²) >= 11 is 0. The van der Waals surface area contributed by atoms with Crippen molar-refractivity contribution in [2.75, 3.05) is 13.1 Å². The second kappa shape index (κ2) is 5.35. The lowest BCUT2D eigenvalue weighted by Crippen LogP contribution is -2.53. The molecule has 3 heterocycles. The number of fused-ring (bicyclic) bond motifs is 1. The van der Waals surface area contributed by atoms with E-state index in [4.69, 9.17) is 0 Å². The van der Waals surface area contributed by atoms with Crippen LogP contribution >= 0.6 is 0 Å². The number of imidazole rings is 1. The van der Waals surface area contributed by atoms with Gasteiger partial charge in [-0.15, -0.1) is 0 Å². The van der Waals surface area contributed by atoms with Crippen LogP contribution in [0.2, 0.25) is 0 Å². The minimum atomic E-state index is -0.0269. The molecule has 0 radical (unpaired) electrons. The molecule has 0 unspecified atom stereocenters.